The van der Waals surface area contributed by atoms with Crippen molar-refractivity contribution in [2.24, 2.45) is 11.8 Å². The summed E-state index contributed by atoms with van der Waals surface area (Å²) in [6, 6.07) is 4.12. The van der Waals surface area contributed by atoms with E-state index >= 15 is 0 Å². The summed E-state index contributed by atoms with van der Waals surface area (Å²) in [5, 5.41) is 0. The van der Waals surface area contributed by atoms with Crippen LogP contribution in [0.4, 0.5) is 0 Å². The van der Waals surface area contributed by atoms with E-state index in [1.54, 1.807) is 6.20 Å². The number of amides is 1. The van der Waals surface area contributed by atoms with Crippen molar-refractivity contribution in [2.45, 2.75) is 57.7 Å². The predicted octanol–water partition coefficient (Wildman–Crippen LogP) is 2.34. The largest absolute Gasteiger partial charge is 0.348 e. The second kappa shape index (κ2) is 8.02. The van der Waals surface area contributed by atoms with E-state index in [0.717, 1.165) is 56.0 Å². The summed E-state index contributed by atoms with van der Waals surface area (Å²) in [6.45, 7) is 3.58. The molecule has 2 aliphatic heterocycles. The Kier molecular flexibility index (Phi) is 5.23. The minimum absolute atomic E-state index is 0.129. The lowest BCUT2D eigenvalue weighted by Crippen LogP contribution is -2.50. The molecule has 1 saturated heterocycles. The summed E-state index contributed by atoms with van der Waals surface area (Å²) in [6.07, 6.45) is 9.13. The number of rotatable bonds is 5. The van der Waals surface area contributed by atoms with Gasteiger partial charge in [-0.1, -0.05) is 18.9 Å². The zero-order valence-corrected chi connectivity index (χ0v) is 17.7. The fourth-order valence-electron chi connectivity index (χ4n) is 5.71. The summed E-state index contributed by atoms with van der Waals surface area (Å²) < 4.78 is 1.99. The number of pyridine rings is 1. The maximum Gasteiger partial charge on any atom is 0.255 e. The molecule has 2 aromatic heterocycles. The lowest BCUT2D eigenvalue weighted by atomic mass is 9.82. The zero-order valence-electron chi connectivity index (χ0n) is 17.7. The van der Waals surface area contributed by atoms with Crippen molar-refractivity contribution in [3.05, 3.63) is 52.0 Å². The molecule has 2 bridgehead atoms. The van der Waals surface area contributed by atoms with E-state index < -0.39 is 0 Å². The molecule has 1 aliphatic carbocycles. The van der Waals surface area contributed by atoms with Gasteiger partial charge < -0.3 is 14.5 Å². The van der Waals surface area contributed by atoms with Gasteiger partial charge in [0.05, 0.1) is 6.54 Å². The Hall–Kier alpha value is -2.41. The summed E-state index contributed by atoms with van der Waals surface area (Å²) in [4.78, 5) is 37.8. The zero-order chi connectivity index (χ0) is 20.7. The van der Waals surface area contributed by atoms with Gasteiger partial charge in [-0.3, -0.25) is 14.5 Å². The Morgan fingerprint density at radius 2 is 2.03 bits per heavy atom. The molecule has 2 atom stereocenters. The van der Waals surface area contributed by atoms with Gasteiger partial charge >= 0.3 is 0 Å². The number of hydrogen-bond donors (Lipinski definition) is 1. The van der Waals surface area contributed by atoms with Crippen LogP contribution in [0.1, 0.15) is 55.1 Å². The maximum absolute atomic E-state index is 13.2. The number of fused-ring (bicyclic) bond motifs is 4. The number of nitrogens with zero attached hydrogens (tertiary/aromatic N) is 4. The van der Waals surface area contributed by atoms with Crippen molar-refractivity contribution in [1.82, 2.24) is 24.3 Å². The highest BCUT2D eigenvalue weighted by atomic mass is 16.2. The second-order valence-electron chi connectivity index (χ2n) is 9.43. The Labute approximate surface area is 177 Å². The van der Waals surface area contributed by atoms with Crippen LogP contribution < -0.4 is 5.56 Å². The SMILES string of the molecule is CN(Cc1ncc[nH]1)Cc1ccc2n(c1=O)C[C@H]1C[C@@H]2CN(C(=O)C2CCCC2)C1. The molecule has 1 N–H and O–H groups in total. The van der Waals surface area contributed by atoms with Crippen LogP contribution in [0.15, 0.2) is 29.3 Å². The van der Waals surface area contributed by atoms with Gasteiger partial charge in [-0.15, -0.1) is 0 Å². The second-order valence-corrected chi connectivity index (χ2v) is 9.43. The Morgan fingerprint density at radius 3 is 2.80 bits per heavy atom. The number of aromatic amines is 1. The van der Waals surface area contributed by atoms with Gasteiger partial charge in [-0.25, -0.2) is 4.98 Å². The third-order valence-corrected chi connectivity index (χ3v) is 7.11. The van der Waals surface area contributed by atoms with Gasteiger partial charge in [-0.05, 0) is 38.3 Å². The number of hydrogen-bond acceptors (Lipinski definition) is 4. The number of likely N-dealkylation sites (tertiary alicyclic amines) is 1. The van der Waals surface area contributed by atoms with Crippen LogP contribution >= 0.6 is 0 Å². The highest BCUT2D eigenvalue weighted by Crippen LogP contribution is 2.37. The van der Waals surface area contributed by atoms with E-state index in [0.29, 0.717) is 24.9 Å². The van der Waals surface area contributed by atoms with E-state index in [1.165, 1.54) is 12.8 Å². The maximum atomic E-state index is 13.2. The summed E-state index contributed by atoms with van der Waals surface area (Å²) in [5.74, 6) is 2.16. The molecule has 0 spiro atoms. The number of carbonyl (C=O) groups excluding carboxylic acids is 1. The first-order valence-electron chi connectivity index (χ1n) is 11.3. The quantitative estimate of drug-likeness (QED) is 0.823. The molecule has 5 rings (SSSR count). The molecule has 0 aromatic carbocycles. The molecule has 7 nitrogen and oxygen atoms in total. The van der Waals surface area contributed by atoms with Gasteiger partial charge in [0.15, 0.2) is 0 Å². The van der Waals surface area contributed by atoms with Crippen molar-refractivity contribution in [2.75, 3.05) is 20.1 Å². The molecule has 0 radical (unpaired) electrons. The third-order valence-electron chi connectivity index (χ3n) is 7.11. The third kappa shape index (κ3) is 3.71. The van der Waals surface area contributed by atoms with Crippen LogP contribution in [0, 0.1) is 11.8 Å². The summed E-state index contributed by atoms with van der Waals surface area (Å²) in [5.41, 5.74) is 2.06. The van der Waals surface area contributed by atoms with Crippen molar-refractivity contribution >= 4 is 5.91 Å². The van der Waals surface area contributed by atoms with E-state index in [9.17, 15) is 9.59 Å². The van der Waals surface area contributed by atoms with Crippen LogP contribution in [0.3, 0.4) is 0 Å². The van der Waals surface area contributed by atoms with Crippen molar-refractivity contribution < 1.29 is 4.79 Å². The molecule has 2 fully saturated rings. The highest BCUT2D eigenvalue weighted by Gasteiger charge is 2.38. The average molecular weight is 410 g/mol. The fraction of sp³-hybridized carbons (Fsp3) is 0.609. The number of H-pyrrole nitrogens is 1. The molecule has 160 valence electrons. The summed E-state index contributed by atoms with van der Waals surface area (Å²) in [7, 11) is 2.01. The molecule has 7 heteroatoms. The van der Waals surface area contributed by atoms with E-state index in [4.69, 9.17) is 0 Å². The topological polar surface area (TPSA) is 74.2 Å². The van der Waals surface area contributed by atoms with Crippen molar-refractivity contribution in [3.8, 4) is 0 Å². The van der Waals surface area contributed by atoms with Gasteiger partial charge in [0, 0.05) is 61.7 Å². The first-order valence-corrected chi connectivity index (χ1v) is 11.3. The van der Waals surface area contributed by atoms with Crippen LogP contribution in [0.25, 0.3) is 0 Å². The first kappa shape index (κ1) is 19.5. The van der Waals surface area contributed by atoms with E-state index in [1.807, 2.05) is 23.9 Å². The molecule has 2 aromatic rings. The Balaban J connectivity index is 1.32. The van der Waals surface area contributed by atoms with Crippen LogP contribution in [0.2, 0.25) is 0 Å². The Bertz CT molecular complexity index is 960. The minimum Gasteiger partial charge on any atom is -0.348 e. The van der Waals surface area contributed by atoms with E-state index in [2.05, 4.69) is 25.8 Å². The molecular weight excluding hydrogens is 378 g/mol. The fourth-order valence-corrected chi connectivity index (χ4v) is 5.71. The van der Waals surface area contributed by atoms with E-state index in [-0.39, 0.29) is 17.4 Å². The van der Waals surface area contributed by atoms with Gasteiger partial charge in [-0.2, -0.15) is 0 Å². The lowest BCUT2D eigenvalue weighted by Gasteiger charge is -2.43. The Morgan fingerprint density at radius 1 is 1.20 bits per heavy atom. The molecule has 0 unspecified atom stereocenters. The standard InChI is InChI=1S/C23H31N5O2/c1-26(15-21-24-8-9-25-21)13-18-6-7-20-19-10-16(12-28(20)23(18)30)11-27(14-19)22(29)17-4-2-3-5-17/h6-9,16-17,19H,2-5,10-15H2,1H3,(H,24,25)/t16-,19+/m0/s1. The number of piperidine rings is 1. The van der Waals surface area contributed by atoms with Crippen molar-refractivity contribution in [1.29, 1.82) is 0 Å². The van der Waals surface area contributed by atoms with Crippen molar-refractivity contribution in [3.63, 3.8) is 0 Å². The monoisotopic (exact) mass is 409 g/mol. The number of carbonyl (C=O) groups is 1. The molecule has 1 amide bonds. The molecule has 1 saturated carbocycles. The number of aromatic nitrogens is 3. The van der Waals surface area contributed by atoms with Gasteiger partial charge in [0.2, 0.25) is 5.91 Å². The number of nitrogens with one attached hydrogen (secondary N) is 1. The van der Waals surface area contributed by atoms with Crippen LogP contribution in [-0.2, 0) is 24.4 Å². The van der Waals surface area contributed by atoms with Crippen LogP contribution in [-0.4, -0.2) is 50.4 Å². The molecule has 4 heterocycles. The molecular formula is C23H31N5O2. The minimum atomic E-state index is 0.129. The smallest absolute Gasteiger partial charge is 0.255 e. The molecule has 30 heavy (non-hydrogen) atoms. The average Bonchev–Trinajstić information content (AvgIpc) is 3.44. The first-order chi connectivity index (χ1) is 14.6. The van der Waals surface area contributed by atoms with Gasteiger partial charge in [0.1, 0.15) is 5.82 Å². The number of imidazole rings is 1. The summed E-state index contributed by atoms with van der Waals surface area (Å²) >= 11 is 0. The normalized spacial score (nSPS) is 23.7. The lowest BCUT2D eigenvalue weighted by molar-refractivity contribution is -0.138. The van der Waals surface area contributed by atoms with Crippen LogP contribution in [0.5, 0.6) is 0 Å². The van der Waals surface area contributed by atoms with Gasteiger partial charge in [0.25, 0.3) is 5.56 Å². The highest BCUT2D eigenvalue weighted by molar-refractivity contribution is 5.79. The molecule has 3 aliphatic rings. The predicted molar refractivity (Wildman–Crippen MR) is 114 cm³/mol.